The van der Waals surface area contributed by atoms with E-state index in [1.807, 2.05) is 12.1 Å². The number of aromatic nitrogens is 4. The molecule has 0 spiro atoms. The van der Waals surface area contributed by atoms with Crippen molar-refractivity contribution in [1.29, 1.82) is 0 Å². The minimum absolute atomic E-state index is 0.126. The van der Waals surface area contributed by atoms with Crippen LogP contribution in [-0.4, -0.2) is 39.1 Å². The summed E-state index contributed by atoms with van der Waals surface area (Å²) < 4.78 is 6.96. The van der Waals surface area contributed by atoms with Crippen molar-refractivity contribution in [2.75, 3.05) is 18.0 Å². The first-order chi connectivity index (χ1) is 11.3. The number of hydrogen-bond acceptors (Lipinski definition) is 6. The molecule has 3 aromatic heterocycles. The lowest BCUT2D eigenvalue weighted by Crippen LogP contribution is -2.25. The van der Waals surface area contributed by atoms with Crippen LogP contribution in [0.15, 0.2) is 47.7 Å². The van der Waals surface area contributed by atoms with Gasteiger partial charge in [-0.25, -0.2) is 9.97 Å². The first kappa shape index (κ1) is 14.3. The maximum atomic E-state index is 6.09. The lowest BCUT2D eigenvalue weighted by molar-refractivity contribution is 0.223. The number of ether oxygens (including phenoxy) is 1. The fourth-order valence-electron chi connectivity index (χ4n) is 2.80. The molecule has 1 atom stereocenters. The van der Waals surface area contributed by atoms with Gasteiger partial charge in [0.05, 0.1) is 22.7 Å². The van der Waals surface area contributed by atoms with Crippen LogP contribution >= 0.6 is 15.9 Å². The van der Waals surface area contributed by atoms with Gasteiger partial charge in [0.25, 0.3) is 0 Å². The van der Waals surface area contributed by atoms with E-state index >= 15 is 0 Å². The normalized spacial score (nSPS) is 17.6. The van der Waals surface area contributed by atoms with Crippen LogP contribution in [0.1, 0.15) is 6.42 Å². The molecule has 4 rings (SSSR count). The molecule has 0 aromatic carbocycles. The smallest absolute Gasteiger partial charge is 0.140 e. The van der Waals surface area contributed by atoms with E-state index in [4.69, 9.17) is 4.74 Å². The number of nitrogens with zero attached hydrogens (tertiary/aromatic N) is 5. The molecule has 1 aliphatic heterocycles. The van der Waals surface area contributed by atoms with Crippen molar-refractivity contribution in [3.63, 3.8) is 0 Å². The van der Waals surface area contributed by atoms with Gasteiger partial charge in [0.15, 0.2) is 0 Å². The van der Waals surface area contributed by atoms with Gasteiger partial charge in [0, 0.05) is 36.9 Å². The van der Waals surface area contributed by atoms with E-state index in [0.717, 1.165) is 46.5 Å². The summed E-state index contributed by atoms with van der Waals surface area (Å²) in [4.78, 5) is 19.1. The van der Waals surface area contributed by atoms with Gasteiger partial charge in [-0.2, -0.15) is 0 Å². The second kappa shape index (κ2) is 6.08. The maximum Gasteiger partial charge on any atom is 0.140 e. The molecule has 7 heteroatoms. The van der Waals surface area contributed by atoms with Gasteiger partial charge < -0.3 is 9.64 Å². The third-order valence-electron chi connectivity index (χ3n) is 3.89. The van der Waals surface area contributed by atoms with E-state index in [2.05, 4.69) is 40.8 Å². The van der Waals surface area contributed by atoms with Crippen molar-refractivity contribution < 1.29 is 4.74 Å². The molecule has 4 heterocycles. The van der Waals surface area contributed by atoms with Gasteiger partial charge >= 0.3 is 0 Å². The molecule has 1 fully saturated rings. The Morgan fingerprint density at radius 2 is 2.00 bits per heavy atom. The van der Waals surface area contributed by atoms with Gasteiger partial charge in [-0.15, -0.1) is 0 Å². The van der Waals surface area contributed by atoms with E-state index in [9.17, 15) is 0 Å². The van der Waals surface area contributed by atoms with E-state index in [0.29, 0.717) is 0 Å². The number of rotatable bonds is 3. The Kier molecular flexibility index (Phi) is 3.78. The first-order valence-electron chi connectivity index (χ1n) is 7.37. The molecule has 0 aliphatic carbocycles. The summed E-state index contributed by atoms with van der Waals surface area (Å²) in [5.74, 6) is 1.76. The zero-order chi connectivity index (χ0) is 15.6. The number of pyridine rings is 2. The monoisotopic (exact) mass is 371 g/mol. The molecule has 0 bridgehead atoms. The number of halogens is 1. The predicted molar refractivity (Wildman–Crippen MR) is 90.5 cm³/mol. The van der Waals surface area contributed by atoms with Crippen LogP contribution in [0, 0.1) is 0 Å². The number of hydrogen-bond donors (Lipinski definition) is 0. The van der Waals surface area contributed by atoms with Crippen molar-refractivity contribution in [2.45, 2.75) is 12.5 Å². The summed E-state index contributed by atoms with van der Waals surface area (Å²) in [7, 11) is 0. The lowest BCUT2D eigenvalue weighted by atomic mass is 10.3. The Morgan fingerprint density at radius 3 is 2.91 bits per heavy atom. The highest BCUT2D eigenvalue weighted by molar-refractivity contribution is 9.10. The Hall–Kier alpha value is -2.28. The molecule has 0 unspecified atom stereocenters. The highest BCUT2D eigenvalue weighted by Crippen LogP contribution is 2.29. The molecule has 23 heavy (non-hydrogen) atoms. The highest BCUT2D eigenvalue weighted by atomic mass is 79.9. The second-order valence-corrected chi connectivity index (χ2v) is 6.23. The number of anilines is 1. The summed E-state index contributed by atoms with van der Waals surface area (Å²) >= 11 is 3.47. The Labute approximate surface area is 141 Å². The van der Waals surface area contributed by atoms with Gasteiger partial charge in [0.2, 0.25) is 0 Å². The minimum atomic E-state index is 0.126. The van der Waals surface area contributed by atoms with Crippen molar-refractivity contribution in [1.82, 2.24) is 19.9 Å². The van der Waals surface area contributed by atoms with Crippen LogP contribution < -0.4 is 9.64 Å². The summed E-state index contributed by atoms with van der Waals surface area (Å²) in [6.45, 7) is 1.70. The highest BCUT2D eigenvalue weighted by Gasteiger charge is 2.26. The molecule has 1 aliphatic rings. The van der Waals surface area contributed by atoms with Crippen LogP contribution in [0.25, 0.3) is 10.9 Å². The van der Waals surface area contributed by atoms with Crippen LogP contribution in [0.2, 0.25) is 0 Å². The summed E-state index contributed by atoms with van der Waals surface area (Å²) in [5.41, 5.74) is 0.860. The fourth-order valence-corrected chi connectivity index (χ4v) is 3.14. The Morgan fingerprint density at radius 1 is 1.13 bits per heavy atom. The van der Waals surface area contributed by atoms with Crippen molar-refractivity contribution in [3.05, 3.63) is 47.7 Å². The molecule has 0 radical (unpaired) electrons. The third-order valence-corrected chi connectivity index (χ3v) is 4.49. The predicted octanol–water partition coefficient (Wildman–Crippen LogP) is 2.84. The molecule has 0 amide bonds. The largest absolute Gasteiger partial charge is 0.487 e. The molecule has 0 N–H and O–H groups in total. The minimum Gasteiger partial charge on any atom is -0.487 e. The zero-order valence-corrected chi connectivity index (χ0v) is 13.8. The zero-order valence-electron chi connectivity index (χ0n) is 12.3. The van der Waals surface area contributed by atoms with Crippen molar-refractivity contribution in [3.8, 4) is 5.75 Å². The summed E-state index contributed by atoms with van der Waals surface area (Å²) in [6.07, 6.45) is 9.68. The molecule has 1 saturated heterocycles. The number of fused-ring (bicyclic) bond motifs is 1. The maximum absolute atomic E-state index is 6.09. The van der Waals surface area contributed by atoms with Crippen LogP contribution in [-0.2, 0) is 0 Å². The first-order valence-corrected chi connectivity index (χ1v) is 8.16. The summed E-state index contributed by atoms with van der Waals surface area (Å²) in [6, 6.07) is 3.83. The standard InChI is InChI=1S/C16H14BrN5O/c17-13-7-18-5-2-15(13)23-11-3-6-22(9-11)16-12-1-4-19-8-14(12)20-10-21-16/h1-2,4-5,7-8,10-11H,3,6,9H2/t11-/m0/s1. The van der Waals surface area contributed by atoms with Crippen molar-refractivity contribution >= 4 is 32.7 Å². The van der Waals surface area contributed by atoms with Crippen molar-refractivity contribution in [2.24, 2.45) is 0 Å². The summed E-state index contributed by atoms with van der Waals surface area (Å²) in [5, 5.41) is 1.02. The van der Waals surface area contributed by atoms with Gasteiger partial charge in [0.1, 0.15) is 24.0 Å². The molecule has 116 valence electrons. The SMILES string of the molecule is Brc1cnccc1O[C@H]1CCN(c2ncnc3cnccc23)C1. The van der Waals surface area contributed by atoms with Gasteiger partial charge in [-0.1, -0.05) is 0 Å². The average Bonchev–Trinajstić information content (AvgIpc) is 3.05. The van der Waals surface area contributed by atoms with Gasteiger partial charge in [-0.3, -0.25) is 9.97 Å². The Balaban J connectivity index is 1.55. The van der Waals surface area contributed by atoms with Gasteiger partial charge in [-0.05, 0) is 28.1 Å². The fraction of sp³-hybridized carbons (Fsp3) is 0.250. The van der Waals surface area contributed by atoms with E-state index in [-0.39, 0.29) is 6.10 Å². The molecule has 0 saturated carbocycles. The second-order valence-electron chi connectivity index (χ2n) is 5.37. The average molecular weight is 372 g/mol. The van der Waals surface area contributed by atoms with E-state index in [1.165, 1.54) is 0 Å². The Bertz CT molecular complexity index is 838. The van der Waals surface area contributed by atoms with E-state index < -0.39 is 0 Å². The quantitative estimate of drug-likeness (QED) is 0.705. The third kappa shape index (κ3) is 2.84. The van der Waals surface area contributed by atoms with E-state index in [1.54, 1.807) is 31.1 Å². The molecular weight excluding hydrogens is 358 g/mol. The molecule has 3 aromatic rings. The lowest BCUT2D eigenvalue weighted by Gasteiger charge is -2.19. The van der Waals surface area contributed by atoms with Crippen LogP contribution in [0.4, 0.5) is 5.82 Å². The topological polar surface area (TPSA) is 64.0 Å². The van der Waals surface area contributed by atoms with Crippen LogP contribution in [0.5, 0.6) is 5.75 Å². The van der Waals surface area contributed by atoms with Crippen LogP contribution in [0.3, 0.4) is 0 Å². The molecule has 6 nitrogen and oxygen atoms in total. The molecular formula is C16H14BrN5O.